The molecule has 0 amide bonds. The van der Waals surface area contributed by atoms with Gasteiger partial charge in [-0.15, -0.1) is 11.8 Å². The van der Waals surface area contributed by atoms with Crippen LogP contribution in [0.3, 0.4) is 0 Å². The lowest BCUT2D eigenvalue weighted by molar-refractivity contribution is 0.405. The van der Waals surface area contributed by atoms with Gasteiger partial charge in [-0.2, -0.15) is 0 Å². The summed E-state index contributed by atoms with van der Waals surface area (Å²) in [5, 5.41) is 0. The van der Waals surface area contributed by atoms with Crippen molar-refractivity contribution in [2.75, 3.05) is 7.11 Å². The maximum atomic E-state index is 12.2. The quantitative estimate of drug-likeness (QED) is 0.693. The van der Waals surface area contributed by atoms with Gasteiger partial charge < -0.3 is 4.74 Å². The summed E-state index contributed by atoms with van der Waals surface area (Å²) < 4.78 is 6.96. The maximum absolute atomic E-state index is 12.2. The van der Waals surface area contributed by atoms with E-state index in [1.807, 2.05) is 49.4 Å². The molecule has 0 bridgehead atoms. The third-order valence-electron chi connectivity index (χ3n) is 3.38. The molecule has 1 aromatic carbocycles. The topological polar surface area (TPSA) is 43.6 Å². The molecule has 2 heterocycles. The molecule has 0 aliphatic rings. The van der Waals surface area contributed by atoms with Crippen LogP contribution in [0, 0.1) is 6.92 Å². The molecule has 112 valence electrons. The van der Waals surface area contributed by atoms with Crippen molar-refractivity contribution in [3.05, 3.63) is 70.3 Å². The fourth-order valence-electron chi connectivity index (χ4n) is 2.33. The Hall–Kier alpha value is -2.27. The number of aryl methyl sites for hydroxylation is 1. The molecule has 22 heavy (non-hydrogen) atoms. The van der Waals surface area contributed by atoms with Crippen LogP contribution in [0.1, 0.15) is 11.4 Å². The standard InChI is InChI=1S/C17H16N2O2S/c1-12-6-5-9-16-18-13(10-17(20)19(12)16)11-22-15-8-4-3-7-14(15)21-2/h3-10H,11H2,1-2H3. The summed E-state index contributed by atoms with van der Waals surface area (Å²) >= 11 is 1.61. The van der Waals surface area contributed by atoms with Gasteiger partial charge in [0.25, 0.3) is 5.56 Å². The maximum Gasteiger partial charge on any atom is 0.258 e. The number of thioether (sulfide) groups is 1. The zero-order chi connectivity index (χ0) is 15.5. The number of pyridine rings is 1. The van der Waals surface area contributed by atoms with E-state index < -0.39 is 0 Å². The first-order chi connectivity index (χ1) is 10.7. The Morgan fingerprint density at radius 1 is 1.18 bits per heavy atom. The highest BCUT2D eigenvalue weighted by atomic mass is 32.2. The van der Waals surface area contributed by atoms with Gasteiger partial charge in [0, 0.05) is 22.4 Å². The summed E-state index contributed by atoms with van der Waals surface area (Å²) in [5.74, 6) is 1.46. The second-order valence-corrected chi connectivity index (χ2v) is 5.90. The van der Waals surface area contributed by atoms with Crippen molar-refractivity contribution in [1.29, 1.82) is 0 Å². The first-order valence-electron chi connectivity index (χ1n) is 6.93. The monoisotopic (exact) mass is 312 g/mol. The predicted molar refractivity (Wildman–Crippen MR) is 88.8 cm³/mol. The zero-order valence-corrected chi connectivity index (χ0v) is 13.3. The first kappa shape index (κ1) is 14.7. The predicted octanol–water partition coefficient (Wildman–Crippen LogP) is 3.30. The molecule has 0 fully saturated rings. The molecule has 0 aliphatic carbocycles. The average Bonchev–Trinajstić information content (AvgIpc) is 2.53. The summed E-state index contributed by atoms with van der Waals surface area (Å²) in [5.41, 5.74) is 2.30. The van der Waals surface area contributed by atoms with Gasteiger partial charge >= 0.3 is 0 Å². The Morgan fingerprint density at radius 3 is 2.82 bits per heavy atom. The lowest BCUT2D eigenvalue weighted by atomic mass is 10.3. The van der Waals surface area contributed by atoms with Crippen molar-refractivity contribution >= 4 is 17.4 Å². The molecular formula is C17H16N2O2S. The van der Waals surface area contributed by atoms with Crippen molar-refractivity contribution in [2.24, 2.45) is 0 Å². The summed E-state index contributed by atoms with van der Waals surface area (Å²) in [6, 6.07) is 15.1. The first-order valence-corrected chi connectivity index (χ1v) is 7.92. The molecule has 5 heteroatoms. The van der Waals surface area contributed by atoms with E-state index in [1.54, 1.807) is 29.3 Å². The normalized spacial score (nSPS) is 10.8. The molecule has 0 radical (unpaired) electrons. The Balaban J connectivity index is 1.90. The van der Waals surface area contributed by atoms with E-state index in [1.165, 1.54) is 0 Å². The molecule has 4 nitrogen and oxygen atoms in total. The molecule has 0 spiro atoms. The summed E-state index contributed by atoms with van der Waals surface area (Å²) in [6.45, 7) is 1.90. The molecule has 0 saturated carbocycles. The highest BCUT2D eigenvalue weighted by molar-refractivity contribution is 7.98. The minimum atomic E-state index is -0.0428. The van der Waals surface area contributed by atoms with Crippen molar-refractivity contribution in [1.82, 2.24) is 9.38 Å². The smallest absolute Gasteiger partial charge is 0.258 e. The highest BCUT2D eigenvalue weighted by Gasteiger charge is 2.07. The number of benzene rings is 1. The Labute approximate surface area is 132 Å². The summed E-state index contributed by atoms with van der Waals surface area (Å²) in [4.78, 5) is 17.9. The van der Waals surface area contributed by atoms with Crippen molar-refractivity contribution in [2.45, 2.75) is 17.6 Å². The van der Waals surface area contributed by atoms with Crippen molar-refractivity contribution in [3.63, 3.8) is 0 Å². The van der Waals surface area contributed by atoms with Crippen molar-refractivity contribution in [3.8, 4) is 5.75 Å². The summed E-state index contributed by atoms with van der Waals surface area (Å²) in [7, 11) is 1.66. The fraction of sp³-hybridized carbons (Fsp3) is 0.176. The van der Waals surface area contributed by atoms with Crippen LogP contribution in [0.25, 0.3) is 5.65 Å². The Bertz CT molecular complexity index is 874. The molecule has 0 N–H and O–H groups in total. The van der Waals surface area contributed by atoms with Gasteiger partial charge in [0.05, 0.1) is 12.8 Å². The van der Waals surface area contributed by atoms with E-state index in [-0.39, 0.29) is 5.56 Å². The lowest BCUT2D eigenvalue weighted by Gasteiger charge is -2.08. The van der Waals surface area contributed by atoms with E-state index in [9.17, 15) is 4.79 Å². The number of nitrogens with zero attached hydrogens (tertiary/aromatic N) is 2. The number of methoxy groups -OCH3 is 1. The molecule has 0 aliphatic heterocycles. The summed E-state index contributed by atoms with van der Waals surface area (Å²) in [6.07, 6.45) is 0. The van der Waals surface area contributed by atoms with E-state index >= 15 is 0 Å². The number of hydrogen-bond acceptors (Lipinski definition) is 4. The third kappa shape index (κ3) is 2.85. The average molecular weight is 312 g/mol. The van der Waals surface area contributed by atoms with Crippen LogP contribution in [-0.2, 0) is 5.75 Å². The van der Waals surface area contributed by atoms with Gasteiger partial charge in [-0.3, -0.25) is 9.20 Å². The molecule has 0 atom stereocenters. The lowest BCUT2D eigenvalue weighted by Crippen LogP contribution is -2.17. The number of para-hydroxylation sites is 1. The molecule has 0 unspecified atom stereocenters. The zero-order valence-electron chi connectivity index (χ0n) is 12.4. The van der Waals surface area contributed by atoms with Gasteiger partial charge in [0.1, 0.15) is 11.4 Å². The Morgan fingerprint density at radius 2 is 2.00 bits per heavy atom. The minimum Gasteiger partial charge on any atom is -0.496 e. The number of hydrogen-bond donors (Lipinski definition) is 0. The van der Waals surface area contributed by atoms with Crippen LogP contribution in [0.4, 0.5) is 0 Å². The van der Waals surface area contributed by atoms with Crippen LogP contribution < -0.4 is 10.3 Å². The van der Waals surface area contributed by atoms with E-state index in [2.05, 4.69) is 4.98 Å². The molecule has 3 aromatic rings. The number of aromatic nitrogens is 2. The van der Waals surface area contributed by atoms with Gasteiger partial charge in [-0.25, -0.2) is 4.98 Å². The van der Waals surface area contributed by atoms with Gasteiger partial charge in [-0.05, 0) is 31.2 Å². The minimum absolute atomic E-state index is 0.0428. The molecular weight excluding hydrogens is 296 g/mol. The molecule has 3 rings (SSSR count). The van der Waals surface area contributed by atoms with Crippen LogP contribution in [0.15, 0.2) is 58.2 Å². The Kier molecular flexibility index (Phi) is 4.15. The van der Waals surface area contributed by atoms with Gasteiger partial charge in [-0.1, -0.05) is 18.2 Å². The van der Waals surface area contributed by atoms with E-state index in [0.29, 0.717) is 11.4 Å². The van der Waals surface area contributed by atoms with Crippen LogP contribution >= 0.6 is 11.8 Å². The number of rotatable bonds is 4. The molecule has 2 aromatic heterocycles. The van der Waals surface area contributed by atoms with Crippen LogP contribution in [0.2, 0.25) is 0 Å². The van der Waals surface area contributed by atoms with E-state index in [0.717, 1.165) is 22.0 Å². The molecule has 0 saturated heterocycles. The van der Waals surface area contributed by atoms with Crippen LogP contribution in [-0.4, -0.2) is 16.5 Å². The van der Waals surface area contributed by atoms with Crippen molar-refractivity contribution < 1.29 is 4.74 Å². The second-order valence-electron chi connectivity index (χ2n) is 4.89. The largest absolute Gasteiger partial charge is 0.496 e. The highest BCUT2D eigenvalue weighted by Crippen LogP contribution is 2.30. The third-order valence-corrected chi connectivity index (χ3v) is 4.47. The van der Waals surface area contributed by atoms with E-state index in [4.69, 9.17) is 4.74 Å². The van der Waals surface area contributed by atoms with Gasteiger partial charge in [0.15, 0.2) is 0 Å². The van der Waals surface area contributed by atoms with Crippen LogP contribution in [0.5, 0.6) is 5.75 Å². The number of fused-ring (bicyclic) bond motifs is 1. The fourth-order valence-corrected chi connectivity index (χ4v) is 3.25. The number of ether oxygens (including phenoxy) is 1. The second kappa shape index (κ2) is 6.23. The SMILES string of the molecule is COc1ccccc1SCc1cc(=O)n2c(C)cccc2n1. The van der Waals surface area contributed by atoms with Gasteiger partial charge in [0.2, 0.25) is 0 Å².